The molecular weight excluding hydrogens is 497 g/mol. The van der Waals surface area contributed by atoms with Gasteiger partial charge in [-0.15, -0.1) is 0 Å². The van der Waals surface area contributed by atoms with E-state index in [0.717, 1.165) is 30.7 Å². The first kappa shape index (κ1) is 26.5. The van der Waals surface area contributed by atoms with E-state index >= 15 is 0 Å². The van der Waals surface area contributed by atoms with Crippen LogP contribution >= 0.6 is 11.6 Å². The molecule has 9 nitrogen and oxygen atoms in total. The minimum absolute atomic E-state index is 0.00198. The van der Waals surface area contributed by atoms with Crippen molar-refractivity contribution < 1.29 is 41.8 Å². The van der Waals surface area contributed by atoms with Crippen LogP contribution in [0.2, 0.25) is 5.02 Å². The maximum absolute atomic E-state index is 12.8. The van der Waals surface area contributed by atoms with E-state index in [0.29, 0.717) is 12.7 Å². The Morgan fingerprint density at radius 1 is 1.29 bits per heavy atom. The summed E-state index contributed by atoms with van der Waals surface area (Å²) < 4.78 is 60.4. The molecule has 13 heteroatoms. The van der Waals surface area contributed by atoms with Gasteiger partial charge in [0.1, 0.15) is 11.5 Å². The Kier molecular flexibility index (Phi) is 8.41. The van der Waals surface area contributed by atoms with Gasteiger partial charge in [0.2, 0.25) is 5.75 Å². The fraction of sp³-hybridized carbons (Fsp3) is 0.409. The van der Waals surface area contributed by atoms with Crippen LogP contribution in [0.25, 0.3) is 0 Å². The largest absolute Gasteiger partial charge is 0.474 e. The molecule has 2 aromatic rings. The molecule has 3 atom stereocenters. The molecule has 3 rings (SSSR count). The number of carbonyl (C=O) groups excluding carboxylic acids is 1. The Labute approximate surface area is 203 Å². The molecule has 0 spiro atoms. The highest BCUT2D eigenvalue weighted by Crippen LogP contribution is 2.38. The van der Waals surface area contributed by atoms with Gasteiger partial charge in [-0.1, -0.05) is 11.6 Å². The van der Waals surface area contributed by atoms with E-state index in [1.807, 2.05) is 6.92 Å². The number of hydrogen-bond donors (Lipinski definition) is 1. The second kappa shape index (κ2) is 11.1. The summed E-state index contributed by atoms with van der Waals surface area (Å²) in [6.45, 7) is 3.84. The lowest BCUT2D eigenvalue weighted by Gasteiger charge is -2.28. The van der Waals surface area contributed by atoms with Gasteiger partial charge < -0.3 is 24.3 Å². The van der Waals surface area contributed by atoms with Gasteiger partial charge in [0.15, 0.2) is 12.4 Å². The average Bonchev–Trinajstić information content (AvgIpc) is 2.78. The SMILES string of the molecule is CC1CCOC(CNC(=O)C(C)Oc2cc(Oc3ccc(C(F)(F)F)cc3Cl)ccc2[N+](=O)[O-])O1. The number of nitrogens with one attached hydrogen (secondary N) is 1. The van der Waals surface area contributed by atoms with E-state index in [1.54, 1.807) is 0 Å². The number of nitrogens with zero attached hydrogens (tertiary/aromatic N) is 1. The Hall–Kier alpha value is -3.09. The van der Waals surface area contributed by atoms with Crippen LogP contribution in [0, 0.1) is 10.1 Å². The summed E-state index contributed by atoms with van der Waals surface area (Å²) in [7, 11) is 0. The van der Waals surface area contributed by atoms with Gasteiger partial charge in [0, 0.05) is 12.1 Å². The molecular formula is C22H22ClF3N2O7. The third kappa shape index (κ3) is 7.20. The smallest absolute Gasteiger partial charge is 0.416 e. The van der Waals surface area contributed by atoms with Gasteiger partial charge in [-0.2, -0.15) is 13.2 Å². The molecule has 1 aliphatic rings. The predicted molar refractivity (Wildman–Crippen MR) is 118 cm³/mol. The van der Waals surface area contributed by atoms with Crippen molar-refractivity contribution in [1.29, 1.82) is 0 Å². The number of benzene rings is 2. The first-order chi connectivity index (χ1) is 16.4. The summed E-state index contributed by atoms with van der Waals surface area (Å²) in [4.78, 5) is 23.1. The number of amides is 1. The van der Waals surface area contributed by atoms with Crippen LogP contribution in [-0.4, -0.2) is 42.5 Å². The average molecular weight is 519 g/mol. The van der Waals surface area contributed by atoms with Crippen LogP contribution in [-0.2, 0) is 20.4 Å². The molecule has 35 heavy (non-hydrogen) atoms. The maximum atomic E-state index is 12.8. The quantitative estimate of drug-likeness (QED) is 0.383. The minimum atomic E-state index is -4.58. The molecule has 0 aliphatic carbocycles. The number of rotatable bonds is 8. The van der Waals surface area contributed by atoms with Gasteiger partial charge in [-0.05, 0) is 44.5 Å². The van der Waals surface area contributed by atoms with Crippen molar-refractivity contribution in [3.63, 3.8) is 0 Å². The standard InChI is InChI=1S/C22H22ClF3N2O7/c1-12-7-8-32-20(33-12)11-27-21(29)13(2)34-19-10-15(4-5-17(19)28(30)31)35-18-6-3-14(9-16(18)23)22(24,25)26/h3-6,9-10,12-13,20H,7-8,11H2,1-2H3,(H,27,29). The molecule has 1 heterocycles. The number of halogens is 4. The number of carbonyl (C=O) groups is 1. The van der Waals surface area contributed by atoms with Crippen LogP contribution in [0.15, 0.2) is 36.4 Å². The molecule has 1 saturated heterocycles. The summed E-state index contributed by atoms with van der Waals surface area (Å²) >= 11 is 5.90. The molecule has 0 saturated carbocycles. The lowest BCUT2D eigenvalue weighted by Crippen LogP contribution is -2.44. The van der Waals surface area contributed by atoms with E-state index in [-0.39, 0.29) is 34.9 Å². The Bertz CT molecular complexity index is 1080. The normalized spacial score (nSPS) is 19.0. The number of nitro groups is 1. The Balaban J connectivity index is 1.70. The van der Waals surface area contributed by atoms with Gasteiger partial charge in [-0.25, -0.2) is 0 Å². The molecule has 0 bridgehead atoms. The van der Waals surface area contributed by atoms with E-state index in [4.69, 9.17) is 30.5 Å². The molecule has 1 N–H and O–H groups in total. The second-order valence-electron chi connectivity index (χ2n) is 7.67. The van der Waals surface area contributed by atoms with Gasteiger partial charge >= 0.3 is 11.9 Å². The molecule has 1 fully saturated rings. The van der Waals surface area contributed by atoms with Crippen molar-refractivity contribution in [2.45, 2.75) is 44.9 Å². The van der Waals surface area contributed by atoms with E-state index in [9.17, 15) is 28.1 Å². The fourth-order valence-electron chi connectivity index (χ4n) is 3.10. The zero-order valence-corrected chi connectivity index (χ0v) is 19.4. The summed E-state index contributed by atoms with van der Waals surface area (Å²) in [6, 6.07) is 5.97. The van der Waals surface area contributed by atoms with Gasteiger partial charge in [0.05, 0.1) is 34.8 Å². The maximum Gasteiger partial charge on any atom is 0.416 e. The second-order valence-corrected chi connectivity index (χ2v) is 8.08. The van der Waals surface area contributed by atoms with Crippen LogP contribution in [0.4, 0.5) is 18.9 Å². The van der Waals surface area contributed by atoms with E-state index in [2.05, 4.69) is 5.32 Å². The number of alkyl halides is 3. The zero-order valence-electron chi connectivity index (χ0n) is 18.6. The van der Waals surface area contributed by atoms with Crippen LogP contribution < -0.4 is 14.8 Å². The van der Waals surface area contributed by atoms with E-state index in [1.165, 1.54) is 13.0 Å². The Morgan fingerprint density at radius 3 is 2.66 bits per heavy atom. The zero-order chi connectivity index (χ0) is 25.8. The summed E-state index contributed by atoms with van der Waals surface area (Å²) in [6.07, 6.45) is -5.61. The van der Waals surface area contributed by atoms with Gasteiger partial charge in [-0.3, -0.25) is 14.9 Å². The highest BCUT2D eigenvalue weighted by Gasteiger charge is 2.31. The number of nitro benzene ring substituents is 1. The summed E-state index contributed by atoms with van der Waals surface area (Å²) in [5, 5.41) is 13.7. The lowest BCUT2D eigenvalue weighted by molar-refractivity contribution is -0.386. The molecule has 1 amide bonds. The molecule has 0 radical (unpaired) electrons. The highest BCUT2D eigenvalue weighted by atomic mass is 35.5. The Morgan fingerprint density at radius 2 is 2.03 bits per heavy atom. The van der Waals surface area contributed by atoms with Crippen molar-refractivity contribution in [3.05, 3.63) is 57.1 Å². The predicted octanol–water partition coefficient (Wildman–Crippen LogP) is 5.09. The topological polar surface area (TPSA) is 109 Å². The van der Waals surface area contributed by atoms with Crippen LogP contribution in [0.3, 0.4) is 0 Å². The van der Waals surface area contributed by atoms with Crippen molar-refractivity contribution in [1.82, 2.24) is 5.32 Å². The molecule has 2 aromatic carbocycles. The monoisotopic (exact) mass is 518 g/mol. The third-order valence-corrected chi connectivity index (χ3v) is 5.24. The molecule has 3 unspecified atom stereocenters. The molecule has 1 aliphatic heterocycles. The fourth-order valence-corrected chi connectivity index (χ4v) is 3.32. The summed E-state index contributed by atoms with van der Waals surface area (Å²) in [5.74, 6) is -0.955. The summed E-state index contributed by atoms with van der Waals surface area (Å²) in [5.41, 5.74) is -1.40. The third-order valence-electron chi connectivity index (χ3n) is 4.94. The van der Waals surface area contributed by atoms with Crippen molar-refractivity contribution in [3.8, 4) is 17.2 Å². The molecule has 0 aromatic heterocycles. The molecule has 190 valence electrons. The highest BCUT2D eigenvalue weighted by molar-refractivity contribution is 6.32. The van der Waals surface area contributed by atoms with Crippen molar-refractivity contribution >= 4 is 23.2 Å². The van der Waals surface area contributed by atoms with E-state index < -0.39 is 40.7 Å². The van der Waals surface area contributed by atoms with Crippen LogP contribution in [0.5, 0.6) is 17.2 Å². The lowest BCUT2D eigenvalue weighted by atomic mass is 10.2. The van der Waals surface area contributed by atoms with Crippen molar-refractivity contribution in [2.75, 3.05) is 13.2 Å². The minimum Gasteiger partial charge on any atom is -0.474 e. The van der Waals surface area contributed by atoms with Crippen LogP contribution in [0.1, 0.15) is 25.8 Å². The number of ether oxygens (including phenoxy) is 4. The first-order valence-electron chi connectivity index (χ1n) is 10.5. The first-order valence-corrected chi connectivity index (χ1v) is 10.9. The van der Waals surface area contributed by atoms with Crippen molar-refractivity contribution in [2.24, 2.45) is 0 Å². The number of hydrogen-bond acceptors (Lipinski definition) is 7. The van der Waals surface area contributed by atoms with Gasteiger partial charge in [0.25, 0.3) is 5.91 Å².